The van der Waals surface area contributed by atoms with Gasteiger partial charge in [-0.3, -0.25) is 9.59 Å². The van der Waals surface area contributed by atoms with Crippen LogP contribution in [-0.4, -0.2) is 25.2 Å². The van der Waals surface area contributed by atoms with Crippen LogP contribution < -0.4 is 0 Å². The van der Waals surface area contributed by atoms with Crippen LogP contribution in [0, 0.1) is 17.8 Å². The molecule has 4 nitrogen and oxygen atoms in total. The third-order valence-electron chi connectivity index (χ3n) is 4.23. The van der Waals surface area contributed by atoms with Crippen molar-refractivity contribution in [2.24, 2.45) is 17.8 Å². The highest BCUT2D eigenvalue weighted by Gasteiger charge is 2.13. The van der Waals surface area contributed by atoms with Crippen LogP contribution in [0.1, 0.15) is 92.4 Å². The second kappa shape index (κ2) is 15.2. The Balaban J connectivity index is 3.59. The molecular formula is C21H40O4. The highest BCUT2D eigenvalue weighted by molar-refractivity contribution is 5.70. The fraction of sp³-hybridized carbons (Fsp3) is 0.905. The molecule has 0 rings (SSSR count). The molecule has 0 aromatic rings. The van der Waals surface area contributed by atoms with Crippen molar-refractivity contribution in [3.63, 3.8) is 0 Å². The summed E-state index contributed by atoms with van der Waals surface area (Å²) in [4.78, 5) is 23.4. The number of esters is 2. The van der Waals surface area contributed by atoms with Gasteiger partial charge in [-0.1, -0.05) is 47.5 Å². The maximum Gasteiger partial charge on any atom is 0.306 e. The topological polar surface area (TPSA) is 52.6 Å². The van der Waals surface area contributed by atoms with E-state index in [0.29, 0.717) is 44.3 Å². The van der Waals surface area contributed by atoms with Crippen LogP contribution >= 0.6 is 0 Å². The maximum atomic E-state index is 11.8. The molecule has 0 N–H and O–H groups in total. The first-order chi connectivity index (χ1) is 11.8. The van der Waals surface area contributed by atoms with Crippen molar-refractivity contribution in [1.29, 1.82) is 0 Å². The van der Waals surface area contributed by atoms with Gasteiger partial charge in [-0.25, -0.2) is 0 Å². The molecule has 0 saturated heterocycles. The van der Waals surface area contributed by atoms with Gasteiger partial charge in [0.1, 0.15) is 0 Å². The summed E-state index contributed by atoms with van der Waals surface area (Å²) in [6.45, 7) is 11.8. The predicted octanol–water partition coefficient (Wildman–Crippen LogP) is 5.53. The summed E-state index contributed by atoms with van der Waals surface area (Å²) in [6.07, 6.45) is 7.85. The largest absolute Gasteiger partial charge is 0.466 e. The van der Waals surface area contributed by atoms with Crippen molar-refractivity contribution in [2.75, 3.05) is 13.2 Å². The van der Waals surface area contributed by atoms with Crippen molar-refractivity contribution >= 4 is 11.9 Å². The molecule has 0 radical (unpaired) electrons. The van der Waals surface area contributed by atoms with Crippen LogP contribution in [0.4, 0.5) is 0 Å². The first-order valence-corrected chi connectivity index (χ1v) is 10.1. The molecule has 0 aliphatic rings. The average Bonchev–Trinajstić information content (AvgIpc) is 2.51. The molecule has 0 heterocycles. The van der Waals surface area contributed by atoms with Crippen LogP contribution in [0.2, 0.25) is 0 Å². The van der Waals surface area contributed by atoms with Crippen LogP contribution in [0.3, 0.4) is 0 Å². The van der Waals surface area contributed by atoms with Gasteiger partial charge < -0.3 is 9.47 Å². The fourth-order valence-corrected chi connectivity index (χ4v) is 2.56. The molecule has 0 aliphatic carbocycles. The van der Waals surface area contributed by atoms with Gasteiger partial charge in [0.25, 0.3) is 0 Å². The molecule has 25 heavy (non-hydrogen) atoms. The standard InChI is InChI=1S/C21H40O4/c1-17(2)10-6-8-14-24-20(22)13-12-19(5)16-21(23)25-15-9-7-11-18(3)4/h17-19H,6-16H2,1-5H3. The number of rotatable bonds is 15. The minimum Gasteiger partial charge on any atom is -0.466 e. The summed E-state index contributed by atoms with van der Waals surface area (Å²) in [5.74, 6) is 1.24. The van der Waals surface area contributed by atoms with Crippen LogP contribution in [0.25, 0.3) is 0 Å². The minimum atomic E-state index is -0.154. The second-order valence-electron chi connectivity index (χ2n) is 8.07. The zero-order valence-corrected chi connectivity index (χ0v) is 17.1. The van der Waals surface area contributed by atoms with E-state index in [1.165, 1.54) is 12.8 Å². The maximum absolute atomic E-state index is 11.8. The lowest BCUT2D eigenvalue weighted by molar-refractivity contribution is -0.147. The molecule has 0 bridgehead atoms. The van der Waals surface area contributed by atoms with Gasteiger partial charge >= 0.3 is 11.9 Å². The Bertz CT molecular complexity index is 350. The van der Waals surface area contributed by atoms with E-state index in [0.717, 1.165) is 25.7 Å². The SMILES string of the molecule is CC(C)CCCCOC(=O)CCC(C)CC(=O)OCCCCC(C)C. The van der Waals surface area contributed by atoms with E-state index in [4.69, 9.17) is 9.47 Å². The van der Waals surface area contributed by atoms with Gasteiger partial charge in [0.15, 0.2) is 0 Å². The zero-order valence-electron chi connectivity index (χ0n) is 17.1. The van der Waals surface area contributed by atoms with E-state index >= 15 is 0 Å². The minimum absolute atomic E-state index is 0.150. The molecule has 148 valence electrons. The van der Waals surface area contributed by atoms with Crippen LogP contribution in [0.15, 0.2) is 0 Å². The average molecular weight is 357 g/mol. The molecule has 0 amide bonds. The normalized spacial score (nSPS) is 12.4. The van der Waals surface area contributed by atoms with Gasteiger partial charge in [0.05, 0.1) is 13.2 Å². The smallest absolute Gasteiger partial charge is 0.306 e. The monoisotopic (exact) mass is 356 g/mol. The predicted molar refractivity (Wildman–Crippen MR) is 102 cm³/mol. The molecule has 0 aromatic heterocycles. The summed E-state index contributed by atoms with van der Waals surface area (Å²) in [6, 6.07) is 0. The molecule has 1 unspecified atom stereocenters. The zero-order chi connectivity index (χ0) is 19.1. The quantitative estimate of drug-likeness (QED) is 0.286. The Hall–Kier alpha value is -1.06. The van der Waals surface area contributed by atoms with Gasteiger partial charge in [-0.2, -0.15) is 0 Å². The number of carbonyl (C=O) groups is 2. The third-order valence-corrected chi connectivity index (χ3v) is 4.23. The highest BCUT2D eigenvalue weighted by atomic mass is 16.5. The number of hydrogen-bond acceptors (Lipinski definition) is 4. The van der Waals surface area contributed by atoms with E-state index in [9.17, 15) is 9.59 Å². The summed E-state index contributed by atoms with van der Waals surface area (Å²) in [5, 5.41) is 0. The molecule has 0 aromatic carbocycles. The van der Waals surface area contributed by atoms with E-state index in [-0.39, 0.29) is 17.9 Å². The summed E-state index contributed by atoms with van der Waals surface area (Å²) >= 11 is 0. The fourth-order valence-electron chi connectivity index (χ4n) is 2.56. The molecule has 0 aliphatic heterocycles. The number of hydrogen-bond donors (Lipinski definition) is 0. The van der Waals surface area contributed by atoms with E-state index in [1.807, 2.05) is 6.92 Å². The third kappa shape index (κ3) is 17.6. The number of ether oxygens (including phenoxy) is 2. The van der Waals surface area contributed by atoms with Crippen LogP contribution in [0.5, 0.6) is 0 Å². The highest BCUT2D eigenvalue weighted by Crippen LogP contribution is 2.13. The molecule has 0 saturated carbocycles. The van der Waals surface area contributed by atoms with E-state index < -0.39 is 0 Å². The molecule has 4 heteroatoms. The summed E-state index contributed by atoms with van der Waals surface area (Å²) < 4.78 is 10.5. The van der Waals surface area contributed by atoms with Crippen molar-refractivity contribution < 1.29 is 19.1 Å². The first-order valence-electron chi connectivity index (χ1n) is 10.1. The van der Waals surface area contributed by atoms with Crippen molar-refractivity contribution in [3.05, 3.63) is 0 Å². The molecule has 1 atom stereocenters. The lowest BCUT2D eigenvalue weighted by Gasteiger charge is -2.11. The van der Waals surface area contributed by atoms with Gasteiger partial charge in [-0.15, -0.1) is 0 Å². The first kappa shape index (κ1) is 23.9. The Morgan fingerprint density at radius 1 is 0.680 bits per heavy atom. The van der Waals surface area contributed by atoms with Crippen molar-refractivity contribution in [2.45, 2.75) is 92.4 Å². The van der Waals surface area contributed by atoms with Crippen LogP contribution in [-0.2, 0) is 19.1 Å². The second-order valence-corrected chi connectivity index (χ2v) is 8.07. The summed E-state index contributed by atoms with van der Waals surface area (Å²) in [7, 11) is 0. The lowest BCUT2D eigenvalue weighted by Crippen LogP contribution is -2.13. The van der Waals surface area contributed by atoms with E-state index in [2.05, 4.69) is 27.7 Å². The van der Waals surface area contributed by atoms with Crippen molar-refractivity contribution in [1.82, 2.24) is 0 Å². The Kier molecular flexibility index (Phi) is 14.6. The molecular weight excluding hydrogens is 316 g/mol. The Morgan fingerprint density at radius 3 is 1.64 bits per heavy atom. The van der Waals surface area contributed by atoms with Gasteiger partial charge in [0.2, 0.25) is 0 Å². The lowest BCUT2D eigenvalue weighted by atomic mass is 10.0. The van der Waals surface area contributed by atoms with Crippen molar-refractivity contribution in [3.8, 4) is 0 Å². The van der Waals surface area contributed by atoms with Gasteiger partial charge in [-0.05, 0) is 49.9 Å². The number of unbranched alkanes of at least 4 members (excludes halogenated alkanes) is 2. The Morgan fingerprint density at radius 2 is 1.16 bits per heavy atom. The Labute approximate surface area is 155 Å². The molecule has 0 spiro atoms. The summed E-state index contributed by atoms with van der Waals surface area (Å²) in [5.41, 5.74) is 0. The molecule has 0 fully saturated rings. The van der Waals surface area contributed by atoms with E-state index in [1.54, 1.807) is 0 Å². The number of carbonyl (C=O) groups excluding carboxylic acids is 2. The van der Waals surface area contributed by atoms with Gasteiger partial charge in [0, 0.05) is 12.8 Å².